The number of hydrogen-bond acceptors (Lipinski definition) is 7. The minimum Gasteiger partial charge on any atom is -0.496 e. The van der Waals surface area contributed by atoms with Crippen LogP contribution in [0.5, 0.6) is 17.4 Å². The van der Waals surface area contributed by atoms with Gasteiger partial charge >= 0.3 is 6.03 Å². The number of rotatable bonds is 7. The number of anilines is 3. The molecule has 172 valence electrons. The van der Waals surface area contributed by atoms with Crippen molar-refractivity contribution in [2.24, 2.45) is 0 Å². The molecular formula is C24H28N6O3. The van der Waals surface area contributed by atoms with Crippen molar-refractivity contribution in [1.29, 1.82) is 0 Å². The highest BCUT2D eigenvalue weighted by molar-refractivity contribution is 5.99. The Morgan fingerprint density at radius 2 is 1.73 bits per heavy atom. The minimum atomic E-state index is -0.349. The van der Waals surface area contributed by atoms with Crippen molar-refractivity contribution in [3.63, 3.8) is 0 Å². The topological polar surface area (TPSA) is 115 Å². The molecule has 9 heteroatoms. The number of hydrogen-bond donors (Lipinski definition) is 3. The van der Waals surface area contributed by atoms with Gasteiger partial charge < -0.3 is 25.8 Å². The van der Waals surface area contributed by atoms with Crippen molar-refractivity contribution in [1.82, 2.24) is 14.9 Å². The molecule has 33 heavy (non-hydrogen) atoms. The molecule has 2 aromatic carbocycles. The molecule has 2 heterocycles. The Hall–Kier alpha value is -3.85. The first-order valence-electron chi connectivity index (χ1n) is 10.9. The number of ether oxygens (including phenoxy) is 2. The first kappa shape index (κ1) is 22.3. The van der Waals surface area contributed by atoms with E-state index in [4.69, 9.17) is 15.2 Å². The summed E-state index contributed by atoms with van der Waals surface area (Å²) < 4.78 is 11.2. The second kappa shape index (κ2) is 10.6. The first-order valence-corrected chi connectivity index (χ1v) is 10.9. The number of carbonyl (C=O) groups is 1. The molecule has 0 spiro atoms. The van der Waals surface area contributed by atoms with Crippen LogP contribution in [-0.4, -0.2) is 41.1 Å². The summed E-state index contributed by atoms with van der Waals surface area (Å²) in [6, 6.07) is 13.9. The highest BCUT2D eigenvalue weighted by Gasteiger charge is 2.14. The Bertz CT molecular complexity index is 1080. The zero-order valence-electron chi connectivity index (χ0n) is 18.6. The van der Waals surface area contributed by atoms with Gasteiger partial charge in [-0.3, -0.25) is 4.90 Å². The van der Waals surface area contributed by atoms with E-state index in [1.807, 2.05) is 18.2 Å². The van der Waals surface area contributed by atoms with Crippen LogP contribution in [-0.2, 0) is 6.54 Å². The van der Waals surface area contributed by atoms with Gasteiger partial charge in [-0.05, 0) is 56.3 Å². The highest BCUT2D eigenvalue weighted by atomic mass is 16.5. The van der Waals surface area contributed by atoms with Crippen molar-refractivity contribution < 1.29 is 14.3 Å². The largest absolute Gasteiger partial charge is 0.496 e. The molecule has 2 amide bonds. The molecular weight excluding hydrogens is 420 g/mol. The van der Waals surface area contributed by atoms with Crippen molar-refractivity contribution in [3.05, 3.63) is 60.4 Å². The third kappa shape index (κ3) is 6.33. The maximum Gasteiger partial charge on any atom is 0.323 e. The molecule has 1 aromatic heterocycles. The fraction of sp³-hybridized carbons (Fsp3) is 0.292. The van der Waals surface area contributed by atoms with Gasteiger partial charge in [0, 0.05) is 35.6 Å². The van der Waals surface area contributed by atoms with E-state index in [1.54, 1.807) is 31.4 Å². The summed E-state index contributed by atoms with van der Waals surface area (Å²) in [5.74, 6) is 2.00. The van der Waals surface area contributed by atoms with E-state index in [1.165, 1.54) is 31.7 Å². The lowest BCUT2D eigenvalue weighted by molar-refractivity contribution is 0.218. The number of nitrogens with one attached hydrogen (secondary N) is 2. The smallest absolute Gasteiger partial charge is 0.323 e. The van der Waals surface area contributed by atoms with Crippen LogP contribution in [0.3, 0.4) is 0 Å². The van der Waals surface area contributed by atoms with Crippen LogP contribution in [0.25, 0.3) is 0 Å². The van der Waals surface area contributed by atoms with Gasteiger partial charge in [-0.25, -0.2) is 14.8 Å². The Morgan fingerprint density at radius 1 is 1.00 bits per heavy atom. The molecule has 0 unspecified atom stereocenters. The van der Waals surface area contributed by atoms with Crippen molar-refractivity contribution in [3.8, 4) is 17.4 Å². The van der Waals surface area contributed by atoms with Gasteiger partial charge in [-0.2, -0.15) is 0 Å². The molecule has 0 radical (unpaired) electrons. The fourth-order valence-electron chi connectivity index (χ4n) is 3.74. The maximum atomic E-state index is 12.5. The van der Waals surface area contributed by atoms with Gasteiger partial charge in [-0.1, -0.05) is 12.5 Å². The Kier molecular flexibility index (Phi) is 7.21. The summed E-state index contributed by atoms with van der Waals surface area (Å²) in [6.45, 7) is 3.08. The van der Waals surface area contributed by atoms with Crippen molar-refractivity contribution in [2.75, 3.05) is 36.6 Å². The van der Waals surface area contributed by atoms with Crippen LogP contribution in [0, 0.1) is 0 Å². The van der Waals surface area contributed by atoms with Crippen molar-refractivity contribution >= 4 is 23.2 Å². The molecule has 1 fully saturated rings. The van der Waals surface area contributed by atoms with E-state index in [2.05, 4.69) is 25.5 Å². The van der Waals surface area contributed by atoms with E-state index in [0.717, 1.165) is 30.9 Å². The first-order chi connectivity index (χ1) is 16.1. The van der Waals surface area contributed by atoms with Crippen LogP contribution >= 0.6 is 0 Å². The summed E-state index contributed by atoms with van der Waals surface area (Å²) >= 11 is 0. The lowest BCUT2D eigenvalue weighted by Gasteiger charge is -2.27. The number of benzene rings is 2. The molecule has 4 N–H and O–H groups in total. The predicted octanol–water partition coefficient (Wildman–Crippen LogP) is 4.49. The normalized spacial score (nSPS) is 13.8. The molecule has 1 saturated heterocycles. The van der Waals surface area contributed by atoms with E-state index in [-0.39, 0.29) is 6.03 Å². The molecule has 1 aliphatic heterocycles. The molecule has 0 atom stereocenters. The lowest BCUT2D eigenvalue weighted by atomic mass is 10.1. The second-order valence-corrected chi connectivity index (χ2v) is 7.85. The average molecular weight is 449 g/mol. The SMILES string of the molecule is COc1cc(NC(=O)Nc2ccc(Oc3cc(N)ncn3)cc2)ccc1CN1CCCCC1. The monoisotopic (exact) mass is 448 g/mol. The summed E-state index contributed by atoms with van der Waals surface area (Å²) in [5.41, 5.74) is 8.03. The Morgan fingerprint density at radius 3 is 2.45 bits per heavy atom. The quantitative estimate of drug-likeness (QED) is 0.488. The summed E-state index contributed by atoms with van der Waals surface area (Å²) in [4.78, 5) is 22.7. The van der Waals surface area contributed by atoms with Crippen LogP contribution in [0.15, 0.2) is 54.9 Å². The number of amides is 2. The molecule has 3 aromatic rings. The minimum absolute atomic E-state index is 0.325. The van der Waals surface area contributed by atoms with Gasteiger partial charge in [0.15, 0.2) is 0 Å². The second-order valence-electron chi connectivity index (χ2n) is 7.85. The third-order valence-electron chi connectivity index (χ3n) is 5.39. The molecule has 0 saturated carbocycles. The molecule has 1 aliphatic rings. The standard InChI is InChI=1S/C24H28N6O3/c1-32-21-13-19(6-5-17(21)15-30-11-3-2-4-12-30)29-24(31)28-18-7-9-20(10-8-18)33-23-14-22(25)26-16-27-23/h5-10,13-14,16H,2-4,11-12,15H2,1H3,(H2,25,26,27)(H2,28,29,31). The average Bonchev–Trinajstić information content (AvgIpc) is 2.82. The fourth-order valence-corrected chi connectivity index (χ4v) is 3.74. The van der Waals surface area contributed by atoms with E-state index >= 15 is 0 Å². The number of carbonyl (C=O) groups excluding carboxylic acids is 1. The van der Waals surface area contributed by atoms with Gasteiger partial charge in [0.25, 0.3) is 0 Å². The summed E-state index contributed by atoms with van der Waals surface area (Å²) in [5, 5.41) is 5.66. The van der Waals surface area contributed by atoms with E-state index in [9.17, 15) is 4.79 Å². The number of nitrogen functional groups attached to an aromatic ring is 1. The van der Waals surface area contributed by atoms with E-state index in [0.29, 0.717) is 28.8 Å². The zero-order valence-corrected chi connectivity index (χ0v) is 18.6. The molecule has 0 aliphatic carbocycles. The molecule has 4 rings (SSSR count). The predicted molar refractivity (Wildman–Crippen MR) is 128 cm³/mol. The Labute approximate surface area is 192 Å². The number of nitrogens with zero attached hydrogens (tertiary/aromatic N) is 3. The van der Waals surface area contributed by atoms with Gasteiger partial charge in [0.05, 0.1) is 7.11 Å². The van der Waals surface area contributed by atoms with Crippen LogP contribution in [0.2, 0.25) is 0 Å². The molecule has 9 nitrogen and oxygen atoms in total. The number of urea groups is 1. The highest BCUT2D eigenvalue weighted by Crippen LogP contribution is 2.26. The summed E-state index contributed by atoms with van der Waals surface area (Å²) in [6.07, 6.45) is 5.12. The Balaban J connectivity index is 1.33. The van der Waals surface area contributed by atoms with Crippen molar-refractivity contribution in [2.45, 2.75) is 25.8 Å². The zero-order chi connectivity index (χ0) is 23.0. The summed E-state index contributed by atoms with van der Waals surface area (Å²) in [7, 11) is 1.65. The van der Waals surface area contributed by atoms with Crippen LogP contribution < -0.4 is 25.8 Å². The van der Waals surface area contributed by atoms with Gasteiger partial charge in [0.1, 0.15) is 23.6 Å². The third-order valence-corrected chi connectivity index (χ3v) is 5.39. The van der Waals surface area contributed by atoms with Crippen LogP contribution in [0.4, 0.5) is 22.0 Å². The van der Waals surface area contributed by atoms with Gasteiger partial charge in [-0.15, -0.1) is 0 Å². The molecule has 0 bridgehead atoms. The number of likely N-dealkylation sites (tertiary alicyclic amines) is 1. The number of piperidine rings is 1. The lowest BCUT2D eigenvalue weighted by Crippen LogP contribution is -2.29. The number of nitrogens with two attached hydrogens (primary N) is 1. The maximum absolute atomic E-state index is 12.5. The number of aromatic nitrogens is 2. The number of methoxy groups -OCH3 is 1. The van der Waals surface area contributed by atoms with Crippen LogP contribution in [0.1, 0.15) is 24.8 Å². The van der Waals surface area contributed by atoms with Gasteiger partial charge in [0.2, 0.25) is 5.88 Å². The van der Waals surface area contributed by atoms with E-state index < -0.39 is 0 Å².